The molecule has 0 atom stereocenters. The average Bonchev–Trinajstić information content (AvgIpc) is 2.50. The van der Waals surface area contributed by atoms with E-state index in [4.69, 9.17) is 0 Å². The van der Waals surface area contributed by atoms with E-state index >= 15 is 0 Å². The maximum atomic E-state index is 9.84. The first-order valence-electron chi connectivity index (χ1n) is 6.78. The summed E-state index contributed by atoms with van der Waals surface area (Å²) in [6.45, 7) is 5.65. The van der Waals surface area contributed by atoms with Crippen molar-refractivity contribution >= 4 is 17.0 Å². The molecule has 110 valence electrons. The van der Waals surface area contributed by atoms with E-state index in [9.17, 15) is 15.3 Å². The average molecular weight is 293 g/mol. The van der Waals surface area contributed by atoms with Gasteiger partial charge >= 0.3 is 0 Å². The summed E-state index contributed by atoms with van der Waals surface area (Å²) in [4.78, 5) is 4.35. The van der Waals surface area contributed by atoms with Crippen LogP contribution in [-0.2, 0) is 0 Å². The molecule has 0 radical (unpaired) electrons. The molecule has 0 unspecified atom stereocenters. The van der Waals surface area contributed by atoms with E-state index in [-0.39, 0.29) is 17.2 Å². The maximum Gasteiger partial charge on any atom is 0.158 e. The molecular weight excluding hydrogens is 278 g/mol. The second-order valence-electron chi connectivity index (χ2n) is 5.15. The van der Waals surface area contributed by atoms with Crippen LogP contribution >= 0.6 is 0 Å². The summed E-state index contributed by atoms with van der Waals surface area (Å²) in [5.41, 5.74) is 3.87. The Kier molecular flexibility index (Phi) is 3.22. The standard InChI is InChI=1S/C18H15NO3/c1-3-11-9-19-15-5-4-12(20)7-14(15)18(11)13-8-17(22)16(21)6-10(13)2/h3-9,20-22H,1H2,2H3. The molecule has 0 bridgehead atoms. The number of aromatic nitrogens is 1. The van der Waals surface area contributed by atoms with Crippen LogP contribution in [0, 0.1) is 6.92 Å². The predicted octanol–water partition coefficient (Wildman–Crippen LogP) is 3.97. The van der Waals surface area contributed by atoms with E-state index in [2.05, 4.69) is 11.6 Å². The van der Waals surface area contributed by atoms with E-state index in [0.717, 1.165) is 33.2 Å². The molecule has 0 amide bonds. The van der Waals surface area contributed by atoms with E-state index in [1.165, 1.54) is 12.1 Å². The molecule has 1 heterocycles. The van der Waals surface area contributed by atoms with Crippen molar-refractivity contribution in [3.05, 3.63) is 54.2 Å². The minimum absolute atomic E-state index is 0.136. The van der Waals surface area contributed by atoms with Gasteiger partial charge in [-0.25, -0.2) is 0 Å². The number of benzene rings is 2. The van der Waals surface area contributed by atoms with Gasteiger partial charge in [0.15, 0.2) is 11.5 Å². The topological polar surface area (TPSA) is 73.6 Å². The van der Waals surface area contributed by atoms with Gasteiger partial charge in [0, 0.05) is 22.7 Å². The van der Waals surface area contributed by atoms with Crippen LogP contribution in [0.15, 0.2) is 43.1 Å². The van der Waals surface area contributed by atoms with Crippen molar-refractivity contribution in [1.82, 2.24) is 4.98 Å². The fourth-order valence-corrected chi connectivity index (χ4v) is 2.60. The molecule has 0 fully saturated rings. The molecule has 1 aromatic heterocycles. The lowest BCUT2D eigenvalue weighted by Gasteiger charge is -2.14. The lowest BCUT2D eigenvalue weighted by molar-refractivity contribution is 0.403. The van der Waals surface area contributed by atoms with E-state index in [1.54, 1.807) is 30.5 Å². The molecule has 0 aliphatic rings. The third-order valence-corrected chi connectivity index (χ3v) is 3.69. The highest BCUT2D eigenvalue weighted by Gasteiger charge is 2.14. The Hall–Kier alpha value is -3.01. The van der Waals surface area contributed by atoms with Gasteiger partial charge in [0.25, 0.3) is 0 Å². The first kappa shape index (κ1) is 13.9. The van der Waals surface area contributed by atoms with Crippen molar-refractivity contribution in [1.29, 1.82) is 0 Å². The third kappa shape index (κ3) is 2.15. The van der Waals surface area contributed by atoms with Crippen LogP contribution in [0.4, 0.5) is 0 Å². The number of hydrogen-bond acceptors (Lipinski definition) is 4. The normalized spacial score (nSPS) is 10.8. The zero-order valence-electron chi connectivity index (χ0n) is 12.0. The Labute approximate surface area is 127 Å². The first-order valence-corrected chi connectivity index (χ1v) is 6.78. The molecule has 3 aromatic rings. The molecule has 0 saturated heterocycles. The summed E-state index contributed by atoms with van der Waals surface area (Å²) in [7, 11) is 0. The Morgan fingerprint density at radius 2 is 1.77 bits per heavy atom. The van der Waals surface area contributed by atoms with E-state index < -0.39 is 0 Å². The van der Waals surface area contributed by atoms with Crippen LogP contribution in [0.1, 0.15) is 11.1 Å². The zero-order chi connectivity index (χ0) is 15.9. The highest BCUT2D eigenvalue weighted by Crippen LogP contribution is 2.39. The monoisotopic (exact) mass is 293 g/mol. The number of phenols is 3. The number of fused-ring (bicyclic) bond motifs is 1. The Morgan fingerprint density at radius 1 is 1.05 bits per heavy atom. The largest absolute Gasteiger partial charge is 0.508 e. The van der Waals surface area contributed by atoms with Crippen LogP contribution in [0.3, 0.4) is 0 Å². The first-order chi connectivity index (χ1) is 10.5. The highest BCUT2D eigenvalue weighted by atomic mass is 16.3. The predicted molar refractivity (Wildman–Crippen MR) is 87.0 cm³/mol. The van der Waals surface area contributed by atoms with Gasteiger partial charge < -0.3 is 15.3 Å². The molecule has 0 aliphatic carbocycles. The fraction of sp³-hybridized carbons (Fsp3) is 0.0556. The molecule has 0 aliphatic heterocycles. The SMILES string of the molecule is C=Cc1cnc2ccc(O)cc2c1-c1cc(O)c(O)cc1C. The van der Waals surface area contributed by atoms with Gasteiger partial charge in [0.1, 0.15) is 5.75 Å². The summed E-state index contributed by atoms with van der Waals surface area (Å²) in [5.74, 6) is -0.222. The fourth-order valence-electron chi connectivity index (χ4n) is 2.60. The zero-order valence-corrected chi connectivity index (χ0v) is 12.0. The summed E-state index contributed by atoms with van der Waals surface area (Å²) >= 11 is 0. The van der Waals surface area contributed by atoms with Crippen molar-refractivity contribution in [2.45, 2.75) is 6.92 Å². The third-order valence-electron chi connectivity index (χ3n) is 3.69. The summed E-state index contributed by atoms with van der Waals surface area (Å²) in [6, 6.07) is 7.96. The number of nitrogens with zero attached hydrogens (tertiary/aromatic N) is 1. The van der Waals surface area contributed by atoms with E-state index in [1.807, 2.05) is 6.92 Å². The van der Waals surface area contributed by atoms with Crippen LogP contribution in [0.25, 0.3) is 28.1 Å². The highest BCUT2D eigenvalue weighted by molar-refractivity contribution is 6.00. The van der Waals surface area contributed by atoms with Gasteiger partial charge in [0.05, 0.1) is 5.52 Å². The number of pyridine rings is 1. The van der Waals surface area contributed by atoms with Gasteiger partial charge in [-0.15, -0.1) is 0 Å². The van der Waals surface area contributed by atoms with Crippen LogP contribution < -0.4 is 0 Å². The molecule has 3 rings (SSSR count). The Bertz CT molecular complexity index is 900. The Balaban J connectivity index is 2.45. The lowest BCUT2D eigenvalue weighted by Crippen LogP contribution is -1.92. The second-order valence-corrected chi connectivity index (χ2v) is 5.15. The molecule has 4 nitrogen and oxygen atoms in total. The van der Waals surface area contributed by atoms with Crippen molar-refractivity contribution in [3.8, 4) is 28.4 Å². The van der Waals surface area contributed by atoms with E-state index in [0.29, 0.717) is 0 Å². The van der Waals surface area contributed by atoms with Gasteiger partial charge in [0.2, 0.25) is 0 Å². The minimum Gasteiger partial charge on any atom is -0.508 e. The Morgan fingerprint density at radius 3 is 2.50 bits per heavy atom. The number of aromatic hydroxyl groups is 3. The molecule has 22 heavy (non-hydrogen) atoms. The lowest BCUT2D eigenvalue weighted by atomic mass is 9.93. The van der Waals surface area contributed by atoms with Crippen LogP contribution in [0.2, 0.25) is 0 Å². The quantitative estimate of drug-likeness (QED) is 0.625. The molecule has 0 saturated carbocycles. The van der Waals surface area contributed by atoms with Crippen LogP contribution in [-0.4, -0.2) is 20.3 Å². The number of hydrogen-bond donors (Lipinski definition) is 3. The van der Waals surface area contributed by atoms with Crippen LogP contribution in [0.5, 0.6) is 17.2 Å². The van der Waals surface area contributed by atoms with Gasteiger partial charge in [-0.1, -0.05) is 12.7 Å². The summed E-state index contributed by atoms with van der Waals surface area (Å²) in [6.07, 6.45) is 3.38. The number of phenolic OH excluding ortho intramolecular Hbond substituents is 3. The van der Waals surface area contributed by atoms with Gasteiger partial charge in [-0.3, -0.25) is 4.98 Å². The van der Waals surface area contributed by atoms with Crippen molar-refractivity contribution in [2.75, 3.05) is 0 Å². The number of aryl methyl sites for hydroxylation is 1. The van der Waals surface area contributed by atoms with Gasteiger partial charge in [-0.2, -0.15) is 0 Å². The van der Waals surface area contributed by atoms with Crippen molar-refractivity contribution < 1.29 is 15.3 Å². The molecule has 4 heteroatoms. The van der Waals surface area contributed by atoms with Crippen molar-refractivity contribution in [2.24, 2.45) is 0 Å². The molecule has 2 aromatic carbocycles. The summed E-state index contributed by atoms with van der Waals surface area (Å²) in [5, 5.41) is 30.0. The summed E-state index contributed by atoms with van der Waals surface area (Å²) < 4.78 is 0. The smallest absolute Gasteiger partial charge is 0.158 e. The maximum absolute atomic E-state index is 9.84. The number of rotatable bonds is 2. The molecule has 3 N–H and O–H groups in total. The molecular formula is C18H15NO3. The second kappa shape index (κ2) is 5.07. The van der Waals surface area contributed by atoms with Gasteiger partial charge in [-0.05, 0) is 48.4 Å². The molecule has 0 spiro atoms. The minimum atomic E-state index is -0.194. The van der Waals surface area contributed by atoms with Crippen molar-refractivity contribution in [3.63, 3.8) is 0 Å².